The van der Waals surface area contributed by atoms with E-state index in [4.69, 9.17) is 15.9 Å². The van der Waals surface area contributed by atoms with Crippen LogP contribution in [-0.4, -0.2) is 31.4 Å². The second-order valence-electron chi connectivity index (χ2n) is 5.70. The lowest BCUT2D eigenvalue weighted by Gasteiger charge is -2.13. The van der Waals surface area contributed by atoms with Crippen molar-refractivity contribution in [2.24, 2.45) is 5.73 Å². The Balaban J connectivity index is 2.06. The van der Waals surface area contributed by atoms with Gasteiger partial charge in [0.2, 0.25) is 5.91 Å². The van der Waals surface area contributed by atoms with Crippen LogP contribution in [0.4, 0.5) is 5.69 Å². The summed E-state index contributed by atoms with van der Waals surface area (Å²) < 4.78 is 9.96. The van der Waals surface area contributed by atoms with Gasteiger partial charge in [0, 0.05) is 5.56 Å². The number of methoxy groups -OCH3 is 1. The van der Waals surface area contributed by atoms with Crippen LogP contribution in [0.15, 0.2) is 42.5 Å². The minimum absolute atomic E-state index is 0.0202. The zero-order valence-corrected chi connectivity index (χ0v) is 14.7. The topological polar surface area (TPSA) is 114 Å². The molecule has 7 heteroatoms. The van der Waals surface area contributed by atoms with Gasteiger partial charge in [-0.1, -0.05) is 30.3 Å². The second kappa shape index (κ2) is 8.66. The number of nitrogens with two attached hydrogens (primary N) is 1. The van der Waals surface area contributed by atoms with Crippen LogP contribution in [0.3, 0.4) is 0 Å². The summed E-state index contributed by atoms with van der Waals surface area (Å²) in [5.41, 5.74) is 8.23. The fourth-order valence-electron chi connectivity index (χ4n) is 2.24. The maximum atomic E-state index is 12.3. The number of nitrogens with one attached hydrogen (secondary N) is 2. The quantitative estimate of drug-likeness (QED) is 0.399. The fourth-order valence-corrected chi connectivity index (χ4v) is 2.24. The molecule has 7 nitrogen and oxygen atoms in total. The first-order valence-electron chi connectivity index (χ1n) is 7.92. The summed E-state index contributed by atoms with van der Waals surface area (Å²) in [7, 11) is 1.28. The molecule has 0 bridgehead atoms. The number of amides is 1. The van der Waals surface area contributed by atoms with E-state index in [1.165, 1.54) is 7.11 Å². The van der Waals surface area contributed by atoms with E-state index in [1.54, 1.807) is 36.4 Å². The molecule has 0 heterocycles. The Hall–Kier alpha value is -3.35. The molecule has 0 aliphatic carbocycles. The number of rotatable bonds is 7. The molecule has 2 aromatic carbocycles. The molecule has 0 saturated heterocycles. The summed E-state index contributed by atoms with van der Waals surface area (Å²) in [6.45, 7) is 1.65. The van der Waals surface area contributed by atoms with Crippen molar-refractivity contribution < 1.29 is 19.1 Å². The molecular formula is C19H21N3O4. The highest BCUT2D eigenvalue weighted by Gasteiger charge is 2.11. The zero-order valence-electron chi connectivity index (χ0n) is 14.7. The van der Waals surface area contributed by atoms with Crippen molar-refractivity contribution in [3.8, 4) is 5.75 Å². The maximum absolute atomic E-state index is 12.3. The molecule has 0 aromatic heterocycles. The van der Waals surface area contributed by atoms with E-state index < -0.39 is 5.97 Å². The Morgan fingerprint density at radius 1 is 1.15 bits per heavy atom. The first-order valence-corrected chi connectivity index (χ1v) is 7.92. The molecule has 0 spiro atoms. The van der Waals surface area contributed by atoms with Crippen LogP contribution < -0.4 is 15.8 Å². The normalized spacial score (nSPS) is 10.1. The number of hydrogen-bond acceptors (Lipinski definition) is 5. The Morgan fingerprint density at radius 2 is 1.85 bits per heavy atom. The fraction of sp³-hybridized carbons (Fsp3) is 0.211. The smallest absolute Gasteiger partial charge is 0.343 e. The zero-order chi connectivity index (χ0) is 19.1. The van der Waals surface area contributed by atoms with Crippen molar-refractivity contribution in [2.45, 2.75) is 13.3 Å². The number of carbonyl (C=O) groups excluding carboxylic acids is 2. The van der Waals surface area contributed by atoms with E-state index in [-0.39, 0.29) is 24.8 Å². The van der Waals surface area contributed by atoms with E-state index in [0.717, 1.165) is 11.1 Å². The predicted molar refractivity (Wildman–Crippen MR) is 98.5 cm³/mol. The first kappa shape index (κ1) is 19.0. The summed E-state index contributed by atoms with van der Waals surface area (Å²) in [5.74, 6) is -0.364. The van der Waals surface area contributed by atoms with Gasteiger partial charge in [-0.05, 0) is 30.2 Å². The van der Waals surface area contributed by atoms with E-state index >= 15 is 0 Å². The third-order valence-electron chi connectivity index (χ3n) is 3.61. The van der Waals surface area contributed by atoms with E-state index in [1.807, 2.05) is 13.0 Å². The molecule has 0 atom stereocenters. The number of anilines is 1. The third kappa shape index (κ3) is 5.34. The highest BCUT2D eigenvalue weighted by molar-refractivity contribution is 5.96. The number of carbonyl (C=O) groups is 2. The summed E-state index contributed by atoms with van der Waals surface area (Å²) in [6.07, 6.45) is 0.155. The van der Waals surface area contributed by atoms with Crippen molar-refractivity contribution in [3.63, 3.8) is 0 Å². The molecule has 4 N–H and O–H groups in total. The van der Waals surface area contributed by atoms with Gasteiger partial charge in [-0.3, -0.25) is 10.2 Å². The summed E-state index contributed by atoms with van der Waals surface area (Å²) in [6, 6.07) is 12.2. The molecule has 0 saturated carbocycles. The number of aryl methyl sites for hydroxylation is 1. The average molecular weight is 355 g/mol. The van der Waals surface area contributed by atoms with Crippen molar-refractivity contribution >= 4 is 23.4 Å². The number of ether oxygens (including phenoxy) is 2. The highest BCUT2D eigenvalue weighted by atomic mass is 16.6. The van der Waals surface area contributed by atoms with Gasteiger partial charge in [-0.15, -0.1) is 0 Å². The van der Waals surface area contributed by atoms with Crippen LogP contribution in [0.5, 0.6) is 5.75 Å². The highest BCUT2D eigenvalue weighted by Crippen LogP contribution is 2.26. The Labute approximate surface area is 151 Å². The van der Waals surface area contributed by atoms with Crippen LogP contribution in [0.25, 0.3) is 0 Å². The second-order valence-corrected chi connectivity index (χ2v) is 5.70. The lowest BCUT2D eigenvalue weighted by molar-refractivity contribution is -0.142. The van der Waals surface area contributed by atoms with Crippen LogP contribution >= 0.6 is 0 Å². The van der Waals surface area contributed by atoms with Crippen LogP contribution in [0.2, 0.25) is 0 Å². The standard InChI is InChI=1S/C19H21N3O4/c1-12-3-8-16(26-11-18(24)25-2)15(9-12)22-17(23)10-13-4-6-14(7-5-13)19(20)21/h3-9H,10-11H2,1-2H3,(H3,20,21)(H,22,23). The maximum Gasteiger partial charge on any atom is 0.343 e. The largest absolute Gasteiger partial charge is 0.480 e. The molecule has 0 radical (unpaired) electrons. The predicted octanol–water partition coefficient (Wildman–Crippen LogP) is 2.01. The number of benzene rings is 2. The molecule has 2 aromatic rings. The molecule has 0 aliphatic heterocycles. The van der Waals surface area contributed by atoms with E-state index in [9.17, 15) is 9.59 Å². The molecule has 1 amide bonds. The lowest BCUT2D eigenvalue weighted by atomic mass is 10.1. The molecule has 0 unspecified atom stereocenters. The summed E-state index contributed by atoms with van der Waals surface area (Å²) >= 11 is 0. The Bertz CT molecular complexity index is 816. The van der Waals surface area contributed by atoms with Gasteiger partial charge < -0.3 is 20.5 Å². The van der Waals surface area contributed by atoms with Crippen LogP contribution in [-0.2, 0) is 20.7 Å². The third-order valence-corrected chi connectivity index (χ3v) is 3.61. The number of nitrogen functional groups attached to an aromatic ring is 1. The van der Waals surface area contributed by atoms with Crippen LogP contribution in [0, 0.1) is 12.3 Å². The molecule has 0 aliphatic rings. The Kier molecular flexibility index (Phi) is 6.32. The Morgan fingerprint density at radius 3 is 2.46 bits per heavy atom. The molecule has 26 heavy (non-hydrogen) atoms. The van der Waals surface area contributed by atoms with Crippen molar-refractivity contribution in [1.29, 1.82) is 5.41 Å². The van der Waals surface area contributed by atoms with Gasteiger partial charge >= 0.3 is 5.97 Å². The minimum Gasteiger partial charge on any atom is -0.480 e. The molecule has 136 valence electrons. The summed E-state index contributed by atoms with van der Waals surface area (Å²) in [4.78, 5) is 23.6. The van der Waals surface area contributed by atoms with Gasteiger partial charge in [0.15, 0.2) is 6.61 Å². The van der Waals surface area contributed by atoms with Gasteiger partial charge in [0.05, 0.1) is 19.2 Å². The first-order chi connectivity index (χ1) is 12.4. The molecule has 0 fully saturated rings. The number of hydrogen-bond donors (Lipinski definition) is 3. The van der Waals surface area contributed by atoms with Gasteiger partial charge in [-0.25, -0.2) is 4.79 Å². The van der Waals surface area contributed by atoms with Crippen LogP contribution in [0.1, 0.15) is 16.7 Å². The number of amidine groups is 1. The molecular weight excluding hydrogens is 334 g/mol. The van der Waals surface area contributed by atoms with Gasteiger partial charge in [0.1, 0.15) is 11.6 Å². The van der Waals surface area contributed by atoms with Gasteiger partial charge in [0.25, 0.3) is 0 Å². The monoisotopic (exact) mass is 355 g/mol. The van der Waals surface area contributed by atoms with Gasteiger partial charge in [-0.2, -0.15) is 0 Å². The summed E-state index contributed by atoms with van der Waals surface area (Å²) in [5, 5.41) is 10.2. The SMILES string of the molecule is COC(=O)COc1ccc(C)cc1NC(=O)Cc1ccc(C(=N)N)cc1. The van der Waals surface area contributed by atoms with Crippen molar-refractivity contribution in [1.82, 2.24) is 0 Å². The molecule has 2 rings (SSSR count). The van der Waals surface area contributed by atoms with Crippen molar-refractivity contribution in [2.75, 3.05) is 19.0 Å². The van der Waals surface area contributed by atoms with E-state index in [0.29, 0.717) is 17.0 Å². The van der Waals surface area contributed by atoms with E-state index in [2.05, 4.69) is 10.1 Å². The lowest BCUT2D eigenvalue weighted by Crippen LogP contribution is -2.17. The minimum atomic E-state index is -0.506. The number of esters is 1. The average Bonchev–Trinajstić information content (AvgIpc) is 2.61. The van der Waals surface area contributed by atoms with Crippen molar-refractivity contribution in [3.05, 3.63) is 59.2 Å².